The molecular weight excluding hydrogens is 374 g/mol. The minimum absolute atomic E-state index is 0.0334. The number of anilines is 1. The van der Waals surface area contributed by atoms with E-state index in [1.54, 1.807) is 0 Å². The van der Waals surface area contributed by atoms with Gasteiger partial charge in [0.1, 0.15) is 0 Å². The first kappa shape index (κ1) is 19.6. The molecule has 6 atom stereocenters. The summed E-state index contributed by atoms with van der Waals surface area (Å²) in [5.74, 6) is 0.204. The first-order valence-electron chi connectivity index (χ1n) is 11.3. The van der Waals surface area contributed by atoms with Crippen LogP contribution in [0.4, 0.5) is 5.69 Å². The van der Waals surface area contributed by atoms with Gasteiger partial charge in [0.2, 0.25) is 5.78 Å². The fourth-order valence-corrected chi connectivity index (χ4v) is 7.07. The van der Waals surface area contributed by atoms with E-state index in [0.29, 0.717) is 29.5 Å². The number of hydrogen-bond donors (Lipinski definition) is 1. The first-order chi connectivity index (χ1) is 14.3. The van der Waals surface area contributed by atoms with Gasteiger partial charge in [-0.3, -0.25) is 4.79 Å². The molecule has 2 fully saturated rings. The molecule has 5 rings (SSSR count). The van der Waals surface area contributed by atoms with Gasteiger partial charge in [-0.25, -0.2) is 0 Å². The fraction of sp³-hybridized carbons (Fsp3) is 0.538. The van der Waals surface area contributed by atoms with E-state index in [0.717, 1.165) is 37.8 Å². The summed E-state index contributed by atoms with van der Waals surface area (Å²) in [6.45, 7) is 4.25. The Morgan fingerprint density at radius 1 is 1.17 bits per heavy atom. The summed E-state index contributed by atoms with van der Waals surface area (Å²) in [6.07, 6.45) is 12.5. The van der Waals surface area contributed by atoms with Crippen molar-refractivity contribution in [2.45, 2.75) is 52.4 Å². The molecule has 30 heavy (non-hydrogen) atoms. The number of para-hydroxylation sites is 1. The van der Waals surface area contributed by atoms with E-state index >= 15 is 0 Å². The summed E-state index contributed by atoms with van der Waals surface area (Å²) in [4.78, 5) is 25.3. The van der Waals surface area contributed by atoms with Crippen molar-refractivity contribution in [2.24, 2.45) is 34.5 Å². The quantitative estimate of drug-likeness (QED) is 0.588. The van der Waals surface area contributed by atoms with Gasteiger partial charge in [0.15, 0.2) is 0 Å². The summed E-state index contributed by atoms with van der Waals surface area (Å²) in [5, 5.41) is 15.6. The maximum atomic E-state index is 13.0. The van der Waals surface area contributed by atoms with E-state index in [9.17, 15) is 14.7 Å². The third-order valence-electron chi connectivity index (χ3n) is 8.96. The first-order valence-corrected chi connectivity index (χ1v) is 11.3. The standard InChI is InChI=1S/C26H31NO3/c1-25-13-6-5-7-16(25)10-11-17-19(25)12-14-26(2,24(29)30)20(17)15-22-23(28)18-8-3-4-9-21(18)27-22/h3-6,8-9,15-17,19-20,27H,7,10-14H2,1-2H3,(H,29,30)/p-1/b22-15-/t16-,17-,19+,20-,25+,26-/m1/s1. The van der Waals surface area contributed by atoms with Gasteiger partial charge in [-0.15, -0.1) is 0 Å². The lowest BCUT2D eigenvalue weighted by Gasteiger charge is -2.60. The Hall–Kier alpha value is -2.36. The van der Waals surface area contributed by atoms with Crippen LogP contribution in [0.3, 0.4) is 0 Å². The highest BCUT2D eigenvalue weighted by atomic mass is 16.4. The molecule has 158 valence electrons. The number of nitrogens with one attached hydrogen (secondary N) is 1. The van der Waals surface area contributed by atoms with Crippen LogP contribution in [-0.4, -0.2) is 11.8 Å². The van der Waals surface area contributed by atoms with Crippen LogP contribution in [0.15, 0.2) is 48.2 Å². The van der Waals surface area contributed by atoms with Crippen LogP contribution in [-0.2, 0) is 4.79 Å². The summed E-state index contributed by atoms with van der Waals surface area (Å²) >= 11 is 0. The molecule has 1 heterocycles. The zero-order valence-corrected chi connectivity index (χ0v) is 17.8. The van der Waals surface area contributed by atoms with Crippen molar-refractivity contribution in [2.75, 3.05) is 5.32 Å². The predicted octanol–water partition coefficient (Wildman–Crippen LogP) is 4.34. The molecule has 3 aliphatic carbocycles. The van der Waals surface area contributed by atoms with Crippen molar-refractivity contribution in [3.8, 4) is 0 Å². The fourth-order valence-electron chi connectivity index (χ4n) is 7.07. The average Bonchev–Trinajstić information content (AvgIpc) is 3.05. The normalized spacial score (nSPS) is 41.0. The number of allylic oxidation sites excluding steroid dienone is 4. The molecule has 0 spiro atoms. The highest BCUT2D eigenvalue weighted by Gasteiger charge is 2.56. The number of carboxylic acids is 1. The largest absolute Gasteiger partial charge is 0.550 e. The molecule has 0 bridgehead atoms. The minimum Gasteiger partial charge on any atom is -0.550 e. The van der Waals surface area contributed by atoms with Crippen LogP contribution >= 0.6 is 0 Å². The van der Waals surface area contributed by atoms with E-state index < -0.39 is 11.4 Å². The average molecular weight is 405 g/mol. The van der Waals surface area contributed by atoms with Crippen molar-refractivity contribution in [1.29, 1.82) is 0 Å². The zero-order valence-electron chi connectivity index (χ0n) is 17.8. The second-order valence-electron chi connectivity index (χ2n) is 10.3. The number of fused-ring (bicyclic) bond motifs is 4. The number of aliphatic carboxylic acids is 1. The second-order valence-corrected chi connectivity index (χ2v) is 10.3. The molecule has 0 aromatic heterocycles. The van der Waals surface area contributed by atoms with Crippen molar-refractivity contribution >= 4 is 17.4 Å². The van der Waals surface area contributed by atoms with Crippen LogP contribution in [0, 0.1) is 34.5 Å². The third-order valence-corrected chi connectivity index (χ3v) is 8.96. The van der Waals surface area contributed by atoms with Crippen molar-refractivity contribution in [1.82, 2.24) is 0 Å². The number of carbonyl (C=O) groups is 2. The van der Waals surface area contributed by atoms with Crippen molar-refractivity contribution in [3.63, 3.8) is 0 Å². The highest BCUT2D eigenvalue weighted by molar-refractivity contribution is 6.18. The smallest absolute Gasteiger partial charge is 0.210 e. The maximum absolute atomic E-state index is 13.0. The Morgan fingerprint density at radius 2 is 1.97 bits per heavy atom. The van der Waals surface area contributed by atoms with Crippen LogP contribution in [0.1, 0.15) is 62.7 Å². The van der Waals surface area contributed by atoms with Gasteiger partial charge in [-0.05, 0) is 79.7 Å². The molecule has 1 N–H and O–H groups in total. The molecule has 0 saturated heterocycles. The van der Waals surface area contributed by atoms with Crippen LogP contribution in [0.25, 0.3) is 0 Å². The number of benzene rings is 1. The topological polar surface area (TPSA) is 69.2 Å². The number of rotatable bonds is 2. The Bertz CT molecular complexity index is 963. The molecule has 0 amide bonds. The Balaban J connectivity index is 1.55. The van der Waals surface area contributed by atoms with Crippen LogP contribution < -0.4 is 10.4 Å². The molecule has 1 aromatic carbocycles. The lowest BCUT2D eigenvalue weighted by atomic mass is 9.45. The summed E-state index contributed by atoms with van der Waals surface area (Å²) in [5.41, 5.74) is 1.28. The van der Waals surface area contributed by atoms with E-state index in [-0.39, 0.29) is 23.0 Å². The van der Waals surface area contributed by atoms with Gasteiger partial charge in [-0.1, -0.05) is 44.2 Å². The van der Waals surface area contributed by atoms with Gasteiger partial charge in [0, 0.05) is 22.6 Å². The van der Waals surface area contributed by atoms with Crippen LogP contribution in [0.2, 0.25) is 0 Å². The molecule has 0 radical (unpaired) electrons. The highest BCUT2D eigenvalue weighted by Crippen LogP contribution is 2.62. The van der Waals surface area contributed by atoms with Gasteiger partial charge in [0.25, 0.3) is 0 Å². The maximum Gasteiger partial charge on any atom is 0.210 e. The lowest BCUT2D eigenvalue weighted by Crippen LogP contribution is -2.56. The molecule has 4 nitrogen and oxygen atoms in total. The number of carbonyl (C=O) groups excluding carboxylic acids is 2. The van der Waals surface area contributed by atoms with Crippen molar-refractivity contribution in [3.05, 3.63) is 53.8 Å². The molecular formula is C26H30NO3-. The Kier molecular flexibility index (Phi) is 4.46. The molecule has 0 unspecified atom stereocenters. The summed E-state index contributed by atoms with van der Waals surface area (Å²) < 4.78 is 0. The minimum atomic E-state index is -0.985. The monoisotopic (exact) mass is 404 g/mol. The Morgan fingerprint density at radius 3 is 2.73 bits per heavy atom. The SMILES string of the molecule is C[C@]12CC=CC[C@@H]1CC[C@H]1[C@@H](/C=C3\Nc4ccccc4C3=O)[C@](C)(C(=O)[O-])CC[C@@H]12. The number of carboxylic acid groups (broad SMARTS) is 1. The second kappa shape index (κ2) is 6.83. The third kappa shape index (κ3) is 2.72. The van der Waals surface area contributed by atoms with E-state index in [1.165, 1.54) is 0 Å². The molecule has 4 heteroatoms. The molecule has 1 aromatic rings. The van der Waals surface area contributed by atoms with E-state index in [4.69, 9.17) is 0 Å². The van der Waals surface area contributed by atoms with Crippen molar-refractivity contribution < 1.29 is 14.7 Å². The summed E-state index contributed by atoms with van der Waals surface area (Å²) in [6, 6.07) is 7.49. The van der Waals surface area contributed by atoms with E-state index in [2.05, 4.69) is 24.4 Å². The zero-order chi connectivity index (χ0) is 21.1. The number of ketones is 1. The van der Waals surface area contributed by atoms with Gasteiger partial charge >= 0.3 is 0 Å². The number of hydrogen-bond acceptors (Lipinski definition) is 4. The molecule has 1 aliphatic heterocycles. The van der Waals surface area contributed by atoms with Gasteiger partial charge in [-0.2, -0.15) is 0 Å². The predicted molar refractivity (Wildman–Crippen MR) is 115 cm³/mol. The van der Waals surface area contributed by atoms with Crippen LogP contribution in [0.5, 0.6) is 0 Å². The Labute approximate surface area is 178 Å². The number of Topliss-reactive ketones (excluding diaryl/α,β-unsaturated/α-hetero) is 1. The lowest BCUT2D eigenvalue weighted by molar-refractivity contribution is -0.324. The van der Waals surface area contributed by atoms with Gasteiger partial charge < -0.3 is 15.2 Å². The molecule has 4 aliphatic rings. The van der Waals surface area contributed by atoms with Gasteiger partial charge in [0.05, 0.1) is 5.70 Å². The molecule has 2 saturated carbocycles. The van der Waals surface area contributed by atoms with E-state index in [1.807, 2.05) is 37.3 Å². The summed E-state index contributed by atoms with van der Waals surface area (Å²) in [7, 11) is 0.